The first-order valence-electron chi connectivity index (χ1n) is 7.39. The molecule has 1 saturated heterocycles. The standard InChI is InChI=1S/C17H18IN3O/c18-16-6-2-1-5-15(16)17(22)21-10-8-20(9-11-21)13-14-4-3-7-19-12-14/h1-7,12H,8-11,13H2. The smallest absolute Gasteiger partial charge is 0.255 e. The number of carbonyl (C=O) groups is 1. The lowest BCUT2D eigenvalue weighted by atomic mass is 10.1. The Bertz CT molecular complexity index is 639. The third-order valence-electron chi connectivity index (χ3n) is 3.89. The van der Waals surface area contributed by atoms with E-state index in [2.05, 4.69) is 38.5 Å². The molecule has 1 fully saturated rings. The van der Waals surface area contributed by atoms with Crippen LogP contribution in [-0.2, 0) is 6.54 Å². The summed E-state index contributed by atoms with van der Waals surface area (Å²) in [7, 11) is 0. The molecule has 114 valence electrons. The zero-order chi connectivity index (χ0) is 15.4. The summed E-state index contributed by atoms with van der Waals surface area (Å²) in [6.45, 7) is 4.28. The number of rotatable bonds is 3. The first kappa shape index (κ1) is 15.4. The summed E-state index contributed by atoms with van der Waals surface area (Å²) in [5.41, 5.74) is 2.03. The zero-order valence-electron chi connectivity index (χ0n) is 12.3. The Morgan fingerprint density at radius 1 is 1.09 bits per heavy atom. The molecule has 1 aromatic heterocycles. The van der Waals surface area contributed by atoms with Gasteiger partial charge in [0.2, 0.25) is 0 Å². The van der Waals surface area contributed by atoms with Crippen LogP contribution in [0.15, 0.2) is 48.8 Å². The molecule has 0 bridgehead atoms. The van der Waals surface area contributed by atoms with Gasteiger partial charge in [-0.05, 0) is 46.4 Å². The summed E-state index contributed by atoms with van der Waals surface area (Å²) in [4.78, 5) is 21.1. The maximum atomic E-state index is 12.6. The van der Waals surface area contributed by atoms with Crippen molar-refractivity contribution in [3.63, 3.8) is 0 Å². The SMILES string of the molecule is O=C(c1ccccc1I)N1CCN(Cc2cccnc2)CC1. The van der Waals surface area contributed by atoms with Gasteiger partial charge in [-0.2, -0.15) is 0 Å². The number of hydrogen-bond acceptors (Lipinski definition) is 3. The Labute approximate surface area is 144 Å². The number of halogens is 1. The molecular weight excluding hydrogens is 389 g/mol. The third-order valence-corrected chi connectivity index (χ3v) is 4.83. The highest BCUT2D eigenvalue weighted by atomic mass is 127. The highest BCUT2D eigenvalue weighted by Gasteiger charge is 2.23. The van der Waals surface area contributed by atoms with Gasteiger partial charge in [-0.1, -0.05) is 18.2 Å². The van der Waals surface area contributed by atoms with Crippen molar-refractivity contribution in [3.8, 4) is 0 Å². The second-order valence-electron chi connectivity index (χ2n) is 5.41. The maximum absolute atomic E-state index is 12.6. The highest BCUT2D eigenvalue weighted by molar-refractivity contribution is 14.1. The van der Waals surface area contributed by atoms with Crippen LogP contribution in [0.4, 0.5) is 0 Å². The molecular formula is C17H18IN3O. The number of benzene rings is 1. The van der Waals surface area contributed by atoms with Crippen LogP contribution >= 0.6 is 22.6 Å². The fourth-order valence-corrected chi connectivity index (χ4v) is 3.28. The van der Waals surface area contributed by atoms with E-state index in [1.165, 1.54) is 5.56 Å². The van der Waals surface area contributed by atoms with Crippen LogP contribution in [0.5, 0.6) is 0 Å². The zero-order valence-corrected chi connectivity index (χ0v) is 14.4. The van der Waals surface area contributed by atoms with Gasteiger partial charge in [0.15, 0.2) is 0 Å². The van der Waals surface area contributed by atoms with Crippen molar-refractivity contribution in [3.05, 3.63) is 63.5 Å². The number of nitrogens with zero attached hydrogens (tertiary/aromatic N) is 3. The molecule has 2 aromatic rings. The molecule has 0 aliphatic carbocycles. The van der Waals surface area contributed by atoms with E-state index in [1.54, 1.807) is 6.20 Å². The van der Waals surface area contributed by atoms with Crippen LogP contribution in [0, 0.1) is 3.57 Å². The van der Waals surface area contributed by atoms with Crippen molar-refractivity contribution in [1.82, 2.24) is 14.8 Å². The number of aromatic nitrogens is 1. The van der Waals surface area contributed by atoms with Crippen LogP contribution in [0.3, 0.4) is 0 Å². The lowest BCUT2D eigenvalue weighted by molar-refractivity contribution is 0.0627. The summed E-state index contributed by atoms with van der Waals surface area (Å²) < 4.78 is 1.02. The van der Waals surface area contributed by atoms with Crippen LogP contribution in [0.25, 0.3) is 0 Å². The molecule has 4 nitrogen and oxygen atoms in total. The van der Waals surface area contributed by atoms with Gasteiger partial charge in [0.05, 0.1) is 5.56 Å². The first-order chi connectivity index (χ1) is 10.7. The third kappa shape index (κ3) is 3.64. The van der Waals surface area contributed by atoms with E-state index in [4.69, 9.17) is 0 Å². The molecule has 1 aliphatic rings. The molecule has 22 heavy (non-hydrogen) atoms. The van der Waals surface area contributed by atoms with Gasteiger partial charge in [-0.3, -0.25) is 14.7 Å². The van der Waals surface area contributed by atoms with Crippen molar-refractivity contribution in [2.75, 3.05) is 26.2 Å². The minimum atomic E-state index is 0.144. The minimum absolute atomic E-state index is 0.144. The van der Waals surface area contributed by atoms with Crippen molar-refractivity contribution in [2.45, 2.75) is 6.54 Å². The molecule has 0 unspecified atom stereocenters. The average Bonchev–Trinajstić information content (AvgIpc) is 2.56. The molecule has 2 heterocycles. The lowest BCUT2D eigenvalue weighted by Crippen LogP contribution is -2.48. The summed E-state index contributed by atoms with van der Waals surface area (Å²) >= 11 is 2.23. The van der Waals surface area contributed by atoms with Crippen molar-refractivity contribution in [1.29, 1.82) is 0 Å². The van der Waals surface area contributed by atoms with Gasteiger partial charge in [0.25, 0.3) is 5.91 Å². The Balaban J connectivity index is 1.58. The number of amides is 1. The second kappa shape index (κ2) is 7.19. The van der Waals surface area contributed by atoms with E-state index in [1.807, 2.05) is 41.4 Å². The van der Waals surface area contributed by atoms with Gasteiger partial charge in [0.1, 0.15) is 0 Å². The minimum Gasteiger partial charge on any atom is -0.336 e. The summed E-state index contributed by atoms with van der Waals surface area (Å²) in [5.74, 6) is 0.144. The average molecular weight is 407 g/mol. The largest absolute Gasteiger partial charge is 0.336 e. The first-order valence-corrected chi connectivity index (χ1v) is 8.47. The molecule has 0 atom stereocenters. The molecule has 0 N–H and O–H groups in total. The van der Waals surface area contributed by atoms with Gasteiger partial charge in [-0.25, -0.2) is 0 Å². The monoisotopic (exact) mass is 407 g/mol. The topological polar surface area (TPSA) is 36.4 Å². The fourth-order valence-electron chi connectivity index (χ4n) is 2.66. The molecule has 1 amide bonds. The van der Waals surface area contributed by atoms with E-state index < -0.39 is 0 Å². The lowest BCUT2D eigenvalue weighted by Gasteiger charge is -2.34. The number of piperazine rings is 1. The molecule has 0 radical (unpaired) electrons. The number of carbonyl (C=O) groups excluding carboxylic acids is 1. The number of pyridine rings is 1. The Morgan fingerprint density at radius 3 is 2.55 bits per heavy atom. The summed E-state index contributed by atoms with van der Waals surface area (Å²) in [6.07, 6.45) is 3.70. The van der Waals surface area contributed by atoms with E-state index in [9.17, 15) is 4.79 Å². The van der Waals surface area contributed by atoms with Crippen LogP contribution in [0.1, 0.15) is 15.9 Å². The predicted molar refractivity (Wildman–Crippen MR) is 94.6 cm³/mol. The van der Waals surface area contributed by atoms with Crippen molar-refractivity contribution in [2.24, 2.45) is 0 Å². The second-order valence-corrected chi connectivity index (χ2v) is 6.57. The van der Waals surface area contributed by atoms with E-state index in [-0.39, 0.29) is 5.91 Å². The van der Waals surface area contributed by atoms with E-state index >= 15 is 0 Å². The van der Waals surface area contributed by atoms with Crippen LogP contribution in [0.2, 0.25) is 0 Å². The van der Waals surface area contributed by atoms with Gasteiger partial charge >= 0.3 is 0 Å². The Hall–Kier alpha value is -1.47. The maximum Gasteiger partial charge on any atom is 0.255 e. The summed E-state index contributed by atoms with van der Waals surface area (Å²) in [6, 6.07) is 11.8. The number of hydrogen-bond donors (Lipinski definition) is 0. The fraction of sp³-hybridized carbons (Fsp3) is 0.294. The predicted octanol–water partition coefficient (Wildman–Crippen LogP) is 2.64. The molecule has 3 rings (SSSR count). The Morgan fingerprint density at radius 2 is 1.86 bits per heavy atom. The van der Waals surface area contributed by atoms with Gasteiger partial charge in [-0.15, -0.1) is 0 Å². The van der Waals surface area contributed by atoms with Gasteiger partial charge in [0, 0.05) is 48.7 Å². The molecule has 5 heteroatoms. The van der Waals surface area contributed by atoms with Crippen LogP contribution in [-0.4, -0.2) is 46.9 Å². The summed E-state index contributed by atoms with van der Waals surface area (Å²) in [5, 5.41) is 0. The molecule has 1 aliphatic heterocycles. The molecule has 0 spiro atoms. The normalized spacial score (nSPS) is 15.8. The van der Waals surface area contributed by atoms with Crippen LogP contribution < -0.4 is 0 Å². The van der Waals surface area contributed by atoms with E-state index in [0.29, 0.717) is 0 Å². The quantitative estimate of drug-likeness (QED) is 0.735. The van der Waals surface area contributed by atoms with Gasteiger partial charge < -0.3 is 4.90 Å². The van der Waals surface area contributed by atoms with Crippen molar-refractivity contribution < 1.29 is 4.79 Å². The van der Waals surface area contributed by atoms with E-state index in [0.717, 1.165) is 41.9 Å². The molecule has 0 saturated carbocycles. The molecule has 1 aromatic carbocycles. The highest BCUT2D eigenvalue weighted by Crippen LogP contribution is 2.16. The Kier molecular flexibility index (Phi) is 5.04. The van der Waals surface area contributed by atoms with Crippen molar-refractivity contribution >= 4 is 28.5 Å².